The minimum Gasteiger partial charge on any atom is -0.352 e. The van der Waals surface area contributed by atoms with E-state index < -0.39 is 0 Å². The van der Waals surface area contributed by atoms with Gasteiger partial charge >= 0.3 is 0 Å². The summed E-state index contributed by atoms with van der Waals surface area (Å²) < 4.78 is 1.98. The van der Waals surface area contributed by atoms with E-state index in [0.29, 0.717) is 12.6 Å². The van der Waals surface area contributed by atoms with Crippen molar-refractivity contribution < 1.29 is 4.79 Å². The van der Waals surface area contributed by atoms with Crippen molar-refractivity contribution in [3.05, 3.63) is 37.2 Å². The van der Waals surface area contributed by atoms with Gasteiger partial charge in [0.25, 0.3) is 0 Å². The molecule has 3 rings (SSSR count). The second-order valence-electron chi connectivity index (χ2n) is 6.54. The lowest BCUT2D eigenvalue weighted by atomic mass is 9.95. The van der Waals surface area contributed by atoms with E-state index in [0.717, 1.165) is 29.4 Å². The summed E-state index contributed by atoms with van der Waals surface area (Å²) in [6, 6.07) is 4.12. The minimum atomic E-state index is -0.227. The Balaban J connectivity index is 1.71. The highest BCUT2D eigenvalue weighted by molar-refractivity contribution is 8.00. The molecule has 1 aliphatic carbocycles. The van der Waals surface area contributed by atoms with Crippen LogP contribution in [0, 0.1) is 0 Å². The Morgan fingerprint density at radius 2 is 2.08 bits per heavy atom. The first-order valence-corrected chi connectivity index (χ1v) is 9.98. The first-order chi connectivity index (χ1) is 12.7. The maximum atomic E-state index is 12.5. The molecular formula is C19H25N5OS. The Bertz CT molecular complexity index is 740. The topological polar surface area (TPSA) is 72.7 Å². The molecule has 2 heterocycles. The van der Waals surface area contributed by atoms with Crippen LogP contribution in [0.15, 0.2) is 42.3 Å². The molecule has 7 heteroatoms. The summed E-state index contributed by atoms with van der Waals surface area (Å²) in [7, 11) is 0. The number of carbonyl (C=O) groups is 1. The van der Waals surface area contributed by atoms with Gasteiger partial charge in [0.15, 0.2) is 11.0 Å². The van der Waals surface area contributed by atoms with Crippen molar-refractivity contribution in [2.75, 3.05) is 0 Å². The number of thioether (sulfide) groups is 1. The van der Waals surface area contributed by atoms with Crippen molar-refractivity contribution in [2.24, 2.45) is 0 Å². The second kappa shape index (κ2) is 8.98. The smallest absolute Gasteiger partial charge is 0.233 e. The first kappa shape index (κ1) is 18.6. The molecule has 6 nitrogen and oxygen atoms in total. The number of pyridine rings is 1. The number of hydrogen-bond donors (Lipinski definition) is 1. The number of amides is 1. The van der Waals surface area contributed by atoms with Crippen molar-refractivity contribution >= 4 is 17.7 Å². The van der Waals surface area contributed by atoms with Crippen LogP contribution in [0.3, 0.4) is 0 Å². The molecule has 1 fully saturated rings. The van der Waals surface area contributed by atoms with Gasteiger partial charge in [0.2, 0.25) is 5.91 Å². The van der Waals surface area contributed by atoms with E-state index in [4.69, 9.17) is 0 Å². The third-order valence-corrected chi connectivity index (χ3v) is 5.65. The highest BCUT2D eigenvalue weighted by atomic mass is 32.2. The van der Waals surface area contributed by atoms with Crippen molar-refractivity contribution in [2.45, 2.75) is 62.0 Å². The maximum absolute atomic E-state index is 12.5. The Kier molecular flexibility index (Phi) is 6.44. The van der Waals surface area contributed by atoms with Gasteiger partial charge in [-0.2, -0.15) is 0 Å². The molecule has 138 valence electrons. The van der Waals surface area contributed by atoms with E-state index in [1.165, 1.54) is 31.0 Å². The predicted octanol–water partition coefficient (Wildman–Crippen LogP) is 3.46. The predicted molar refractivity (Wildman–Crippen MR) is 104 cm³/mol. The number of rotatable bonds is 7. The number of carbonyl (C=O) groups excluding carboxylic acids is 1. The summed E-state index contributed by atoms with van der Waals surface area (Å²) in [6.45, 7) is 6.33. The number of hydrogen-bond acceptors (Lipinski definition) is 5. The van der Waals surface area contributed by atoms with Crippen molar-refractivity contribution in [1.82, 2.24) is 25.1 Å². The summed E-state index contributed by atoms with van der Waals surface area (Å²) in [5, 5.41) is 12.3. The maximum Gasteiger partial charge on any atom is 0.233 e. The third-order valence-electron chi connectivity index (χ3n) is 4.57. The van der Waals surface area contributed by atoms with Crippen LogP contribution in [-0.2, 0) is 11.3 Å². The SMILES string of the molecule is C=CCn1c(S[C@@H](C)C(=O)NC2CCCCC2)nnc1-c1ccncc1. The Labute approximate surface area is 158 Å². The molecule has 1 saturated carbocycles. The highest BCUT2D eigenvalue weighted by Gasteiger charge is 2.23. The molecule has 1 aliphatic rings. The zero-order chi connectivity index (χ0) is 18.4. The third kappa shape index (κ3) is 4.52. The van der Waals surface area contributed by atoms with Crippen molar-refractivity contribution in [3.63, 3.8) is 0 Å². The molecule has 1 amide bonds. The summed E-state index contributed by atoms with van der Waals surface area (Å²) >= 11 is 1.44. The molecule has 2 aromatic heterocycles. The molecule has 0 saturated heterocycles. The summed E-state index contributed by atoms with van der Waals surface area (Å²) in [5.41, 5.74) is 0.945. The van der Waals surface area contributed by atoms with Crippen LogP contribution in [0.5, 0.6) is 0 Å². The number of nitrogens with one attached hydrogen (secondary N) is 1. The Morgan fingerprint density at radius 3 is 2.77 bits per heavy atom. The van der Waals surface area contributed by atoms with Crippen LogP contribution >= 0.6 is 11.8 Å². The van der Waals surface area contributed by atoms with Gasteiger partial charge in [-0.05, 0) is 31.9 Å². The molecule has 0 radical (unpaired) electrons. The van der Waals surface area contributed by atoms with Crippen LogP contribution in [0.1, 0.15) is 39.0 Å². The fourth-order valence-electron chi connectivity index (χ4n) is 3.16. The van der Waals surface area contributed by atoms with Crippen molar-refractivity contribution in [1.29, 1.82) is 0 Å². The van der Waals surface area contributed by atoms with Gasteiger partial charge in [0.1, 0.15) is 0 Å². The van der Waals surface area contributed by atoms with Crippen molar-refractivity contribution in [3.8, 4) is 11.4 Å². The van der Waals surface area contributed by atoms with Gasteiger partial charge < -0.3 is 5.32 Å². The fraction of sp³-hybridized carbons (Fsp3) is 0.474. The molecule has 0 spiro atoms. The molecule has 0 aliphatic heterocycles. The monoisotopic (exact) mass is 371 g/mol. The number of allylic oxidation sites excluding steroid dienone is 1. The zero-order valence-corrected chi connectivity index (χ0v) is 15.9. The Hall–Kier alpha value is -2.15. The van der Waals surface area contributed by atoms with Gasteiger partial charge in [-0.25, -0.2) is 0 Å². The van der Waals surface area contributed by atoms with Crippen LogP contribution in [0.4, 0.5) is 0 Å². The number of nitrogens with zero attached hydrogens (tertiary/aromatic N) is 4. The van der Waals surface area contributed by atoms with Crippen LogP contribution in [-0.4, -0.2) is 36.9 Å². The molecule has 0 aromatic carbocycles. The van der Waals surface area contributed by atoms with E-state index in [1.807, 2.05) is 29.7 Å². The van der Waals surface area contributed by atoms with Crippen LogP contribution < -0.4 is 5.32 Å². The quantitative estimate of drug-likeness (QED) is 0.596. The zero-order valence-electron chi connectivity index (χ0n) is 15.1. The van der Waals surface area contributed by atoms with E-state index in [-0.39, 0.29) is 11.2 Å². The second-order valence-corrected chi connectivity index (χ2v) is 7.85. The lowest BCUT2D eigenvalue weighted by Gasteiger charge is -2.24. The van der Waals surface area contributed by atoms with Crippen LogP contribution in [0.25, 0.3) is 11.4 Å². The van der Waals surface area contributed by atoms with E-state index >= 15 is 0 Å². The summed E-state index contributed by atoms with van der Waals surface area (Å²) in [6.07, 6.45) is 11.1. The fourth-order valence-corrected chi connectivity index (χ4v) is 4.03. The van der Waals surface area contributed by atoms with Gasteiger partial charge in [-0.3, -0.25) is 14.3 Å². The molecule has 26 heavy (non-hydrogen) atoms. The lowest BCUT2D eigenvalue weighted by Crippen LogP contribution is -2.40. The van der Waals surface area contributed by atoms with E-state index in [1.54, 1.807) is 12.4 Å². The lowest BCUT2D eigenvalue weighted by molar-refractivity contribution is -0.121. The first-order valence-electron chi connectivity index (χ1n) is 9.10. The van der Waals surface area contributed by atoms with Crippen LogP contribution in [0.2, 0.25) is 0 Å². The molecule has 1 atom stereocenters. The average Bonchev–Trinajstić information content (AvgIpc) is 3.06. The van der Waals surface area contributed by atoms with Gasteiger partial charge in [0.05, 0.1) is 5.25 Å². The molecule has 0 unspecified atom stereocenters. The minimum absolute atomic E-state index is 0.0699. The van der Waals surface area contributed by atoms with Gasteiger partial charge in [-0.1, -0.05) is 37.1 Å². The normalized spacial score (nSPS) is 16.2. The largest absolute Gasteiger partial charge is 0.352 e. The summed E-state index contributed by atoms with van der Waals surface area (Å²) in [5.74, 6) is 0.829. The molecular weight excluding hydrogens is 346 g/mol. The highest BCUT2D eigenvalue weighted by Crippen LogP contribution is 2.27. The summed E-state index contributed by atoms with van der Waals surface area (Å²) in [4.78, 5) is 16.6. The average molecular weight is 372 g/mol. The standard InChI is InChI=1S/C19H25N5OS/c1-3-13-24-17(15-9-11-20-12-10-15)22-23-19(24)26-14(2)18(25)21-16-7-5-4-6-8-16/h3,9-12,14,16H,1,4-8,13H2,2H3,(H,21,25)/t14-/m0/s1. The molecule has 0 bridgehead atoms. The van der Waals surface area contributed by atoms with Gasteiger partial charge in [0, 0.05) is 30.5 Å². The van der Waals surface area contributed by atoms with E-state index in [2.05, 4.69) is 27.1 Å². The van der Waals surface area contributed by atoms with E-state index in [9.17, 15) is 4.79 Å². The Morgan fingerprint density at radius 1 is 1.35 bits per heavy atom. The van der Waals surface area contributed by atoms with Gasteiger partial charge in [-0.15, -0.1) is 16.8 Å². The molecule has 2 aromatic rings. The number of aromatic nitrogens is 4. The molecule has 1 N–H and O–H groups in total.